The molecule has 1 unspecified atom stereocenters. The fourth-order valence-electron chi connectivity index (χ4n) is 2.28. The SMILES string of the molecule is Cc1ccc(N)c(C(=O)N2CCCC2C(=O)O)c1. The maximum atomic E-state index is 12.3. The first-order valence-corrected chi connectivity index (χ1v) is 5.90. The molecule has 5 heteroatoms. The second-order valence-corrected chi connectivity index (χ2v) is 4.59. The van der Waals surface area contributed by atoms with Crippen molar-refractivity contribution in [3.05, 3.63) is 29.3 Å². The fraction of sp³-hybridized carbons (Fsp3) is 0.385. The highest BCUT2D eigenvalue weighted by Gasteiger charge is 2.34. The lowest BCUT2D eigenvalue weighted by Crippen LogP contribution is -2.40. The zero-order valence-electron chi connectivity index (χ0n) is 10.2. The molecule has 18 heavy (non-hydrogen) atoms. The summed E-state index contributed by atoms with van der Waals surface area (Å²) in [6.07, 6.45) is 1.22. The summed E-state index contributed by atoms with van der Waals surface area (Å²) >= 11 is 0. The highest BCUT2D eigenvalue weighted by atomic mass is 16.4. The number of aliphatic carboxylic acids is 1. The number of carbonyl (C=O) groups excluding carboxylic acids is 1. The first-order chi connectivity index (χ1) is 8.50. The Hall–Kier alpha value is -2.04. The summed E-state index contributed by atoms with van der Waals surface area (Å²) in [6, 6.07) is 4.48. The van der Waals surface area contributed by atoms with E-state index in [2.05, 4.69) is 0 Å². The van der Waals surface area contributed by atoms with Gasteiger partial charge in [0.2, 0.25) is 0 Å². The molecule has 1 fully saturated rings. The summed E-state index contributed by atoms with van der Waals surface area (Å²) in [5.41, 5.74) is 7.50. The molecule has 1 amide bonds. The minimum Gasteiger partial charge on any atom is -0.480 e. The number of hydrogen-bond acceptors (Lipinski definition) is 3. The lowest BCUT2D eigenvalue weighted by Gasteiger charge is -2.22. The topological polar surface area (TPSA) is 83.6 Å². The van der Waals surface area contributed by atoms with Gasteiger partial charge in [0.05, 0.1) is 5.56 Å². The van der Waals surface area contributed by atoms with Crippen LogP contribution in [-0.4, -0.2) is 34.5 Å². The number of aryl methyl sites for hydroxylation is 1. The van der Waals surface area contributed by atoms with Gasteiger partial charge in [-0.1, -0.05) is 11.6 Å². The smallest absolute Gasteiger partial charge is 0.326 e. The Morgan fingerprint density at radius 2 is 2.17 bits per heavy atom. The zero-order chi connectivity index (χ0) is 13.3. The van der Waals surface area contributed by atoms with E-state index in [9.17, 15) is 9.59 Å². The van der Waals surface area contributed by atoms with E-state index in [1.807, 2.05) is 13.0 Å². The molecule has 0 bridgehead atoms. The number of nitrogens with zero attached hydrogens (tertiary/aromatic N) is 1. The van der Waals surface area contributed by atoms with Crippen molar-refractivity contribution < 1.29 is 14.7 Å². The molecule has 3 N–H and O–H groups in total. The first kappa shape index (κ1) is 12.4. The van der Waals surface area contributed by atoms with Crippen molar-refractivity contribution >= 4 is 17.6 Å². The summed E-state index contributed by atoms with van der Waals surface area (Å²) in [7, 11) is 0. The zero-order valence-corrected chi connectivity index (χ0v) is 10.2. The third kappa shape index (κ3) is 2.16. The van der Waals surface area contributed by atoms with Gasteiger partial charge in [-0.05, 0) is 31.9 Å². The third-order valence-corrected chi connectivity index (χ3v) is 3.24. The molecule has 96 valence electrons. The maximum absolute atomic E-state index is 12.3. The van der Waals surface area contributed by atoms with Crippen molar-refractivity contribution in [3.8, 4) is 0 Å². The van der Waals surface area contributed by atoms with Gasteiger partial charge in [-0.3, -0.25) is 4.79 Å². The Kier molecular flexibility index (Phi) is 3.23. The Bertz CT molecular complexity index is 499. The van der Waals surface area contributed by atoms with Crippen molar-refractivity contribution in [3.63, 3.8) is 0 Å². The van der Waals surface area contributed by atoms with Gasteiger partial charge in [0.25, 0.3) is 5.91 Å². The fourth-order valence-corrected chi connectivity index (χ4v) is 2.28. The quantitative estimate of drug-likeness (QED) is 0.772. The molecular formula is C13H16N2O3. The van der Waals surface area contributed by atoms with E-state index in [4.69, 9.17) is 10.8 Å². The number of anilines is 1. The number of carbonyl (C=O) groups is 2. The summed E-state index contributed by atoms with van der Waals surface area (Å²) in [4.78, 5) is 24.8. The van der Waals surface area contributed by atoms with E-state index in [1.165, 1.54) is 4.90 Å². The van der Waals surface area contributed by atoms with Crippen molar-refractivity contribution in [1.82, 2.24) is 4.90 Å². The largest absolute Gasteiger partial charge is 0.480 e. The second-order valence-electron chi connectivity index (χ2n) is 4.59. The van der Waals surface area contributed by atoms with Crippen LogP contribution in [0.2, 0.25) is 0 Å². The lowest BCUT2D eigenvalue weighted by atomic mass is 10.1. The minimum absolute atomic E-state index is 0.291. The number of nitrogen functional groups attached to an aromatic ring is 1. The molecule has 1 heterocycles. The van der Waals surface area contributed by atoms with E-state index in [1.54, 1.807) is 12.1 Å². The van der Waals surface area contributed by atoms with E-state index >= 15 is 0 Å². The van der Waals surface area contributed by atoms with Gasteiger partial charge in [0.1, 0.15) is 6.04 Å². The Morgan fingerprint density at radius 3 is 2.83 bits per heavy atom. The van der Waals surface area contributed by atoms with Crippen molar-refractivity contribution in [2.24, 2.45) is 0 Å². The van der Waals surface area contributed by atoms with E-state index < -0.39 is 12.0 Å². The summed E-state index contributed by atoms with van der Waals surface area (Å²) in [5, 5.41) is 9.08. The Labute approximate surface area is 105 Å². The molecule has 0 radical (unpaired) electrons. The van der Waals surface area contributed by atoms with Gasteiger partial charge in [0.15, 0.2) is 0 Å². The molecule has 1 aromatic rings. The maximum Gasteiger partial charge on any atom is 0.326 e. The van der Waals surface area contributed by atoms with Gasteiger partial charge in [0, 0.05) is 12.2 Å². The normalized spacial score (nSPS) is 18.9. The Balaban J connectivity index is 2.31. The third-order valence-electron chi connectivity index (χ3n) is 3.24. The molecule has 1 saturated heterocycles. The average Bonchev–Trinajstić information content (AvgIpc) is 2.80. The first-order valence-electron chi connectivity index (χ1n) is 5.90. The van der Waals surface area contributed by atoms with Crippen LogP contribution in [0.3, 0.4) is 0 Å². The van der Waals surface area contributed by atoms with Crippen LogP contribution >= 0.6 is 0 Å². The average molecular weight is 248 g/mol. The molecule has 1 aliphatic rings. The molecule has 1 aliphatic heterocycles. The number of rotatable bonds is 2. The monoisotopic (exact) mass is 248 g/mol. The molecule has 1 atom stereocenters. The molecule has 0 saturated carbocycles. The molecule has 2 rings (SSSR count). The van der Waals surface area contributed by atoms with Crippen molar-refractivity contribution in [2.75, 3.05) is 12.3 Å². The van der Waals surface area contributed by atoms with E-state index in [0.717, 1.165) is 5.56 Å². The summed E-state index contributed by atoms with van der Waals surface area (Å²) in [5.74, 6) is -1.24. The minimum atomic E-state index is -0.952. The van der Waals surface area contributed by atoms with Crippen LogP contribution in [0.4, 0.5) is 5.69 Å². The molecule has 5 nitrogen and oxygen atoms in total. The standard InChI is InChI=1S/C13H16N2O3/c1-8-4-5-10(14)9(7-8)12(16)15-6-2-3-11(15)13(17)18/h4-5,7,11H,2-3,6,14H2,1H3,(H,17,18). The predicted molar refractivity (Wildman–Crippen MR) is 67.3 cm³/mol. The van der Waals surface area contributed by atoms with Gasteiger partial charge in [-0.15, -0.1) is 0 Å². The highest BCUT2D eigenvalue weighted by Crippen LogP contribution is 2.23. The number of carboxylic acid groups (broad SMARTS) is 1. The molecule has 0 aromatic heterocycles. The number of benzene rings is 1. The number of hydrogen-bond donors (Lipinski definition) is 2. The van der Waals surface area contributed by atoms with Crippen LogP contribution < -0.4 is 5.73 Å². The van der Waals surface area contributed by atoms with Crippen LogP contribution in [0.1, 0.15) is 28.8 Å². The van der Waals surface area contributed by atoms with Crippen molar-refractivity contribution in [1.29, 1.82) is 0 Å². The number of nitrogens with two attached hydrogens (primary N) is 1. The molecular weight excluding hydrogens is 232 g/mol. The Morgan fingerprint density at radius 1 is 1.44 bits per heavy atom. The molecule has 1 aromatic carbocycles. The predicted octanol–water partition coefficient (Wildman–Crippen LogP) is 1.27. The molecule has 0 aliphatic carbocycles. The van der Waals surface area contributed by atoms with E-state index in [-0.39, 0.29) is 5.91 Å². The highest BCUT2D eigenvalue weighted by molar-refractivity contribution is 6.01. The van der Waals surface area contributed by atoms with Gasteiger partial charge in [-0.25, -0.2) is 4.79 Å². The summed E-state index contributed by atoms with van der Waals surface area (Å²) < 4.78 is 0. The van der Waals surface area contributed by atoms with Crippen LogP contribution in [0.5, 0.6) is 0 Å². The van der Waals surface area contributed by atoms with Crippen molar-refractivity contribution in [2.45, 2.75) is 25.8 Å². The van der Waals surface area contributed by atoms with Crippen LogP contribution in [0, 0.1) is 6.92 Å². The lowest BCUT2D eigenvalue weighted by molar-refractivity contribution is -0.141. The van der Waals surface area contributed by atoms with Crippen LogP contribution in [-0.2, 0) is 4.79 Å². The van der Waals surface area contributed by atoms with Crippen LogP contribution in [0.15, 0.2) is 18.2 Å². The van der Waals surface area contributed by atoms with Gasteiger partial charge in [-0.2, -0.15) is 0 Å². The summed E-state index contributed by atoms with van der Waals surface area (Å²) in [6.45, 7) is 2.35. The number of carboxylic acids is 1. The van der Waals surface area contributed by atoms with Crippen LogP contribution in [0.25, 0.3) is 0 Å². The molecule has 0 spiro atoms. The van der Waals surface area contributed by atoms with Gasteiger partial charge >= 0.3 is 5.97 Å². The van der Waals surface area contributed by atoms with Gasteiger partial charge < -0.3 is 15.7 Å². The second kappa shape index (κ2) is 4.68. The van der Waals surface area contributed by atoms with E-state index in [0.29, 0.717) is 30.6 Å². The number of amides is 1. The number of likely N-dealkylation sites (tertiary alicyclic amines) is 1.